The highest BCUT2D eigenvalue weighted by Crippen LogP contribution is 2.22. The van der Waals surface area contributed by atoms with E-state index < -0.39 is 0 Å². The van der Waals surface area contributed by atoms with Crippen LogP contribution in [0.4, 0.5) is 0 Å². The Hall–Kier alpha value is -2.28. The molecular weight excluding hydrogens is 348 g/mol. The minimum Gasteiger partial charge on any atom is -0.497 e. The molecule has 6 nitrogen and oxygen atoms in total. The van der Waals surface area contributed by atoms with E-state index in [0.29, 0.717) is 17.5 Å². The van der Waals surface area contributed by atoms with Gasteiger partial charge in [0.15, 0.2) is 5.16 Å². The SMILES string of the molecule is COc1ccc(-n2cnnc2SCC(=O)NCCC2=CCCCC2)cc1. The van der Waals surface area contributed by atoms with Crippen LogP contribution in [-0.2, 0) is 4.79 Å². The summed E-state index contributed by atoms with van der Waals surface area (Å²) in [6.45, 7) is 0.705. The molecule has 1 aromatic carbocycles. The monoisotopic (exact) mass is 372 g/mol. The van der Waals surface area contributed by atoms with E-state index in [1.807, 2.05) is 28.8 Å². The van der Waals surface area contributed by atoms with Crippen molar-refractivity contribution in [3.63, 3.8) is 0 Å². The maximum atomic E-state index is 12.1. The summed E-state index contributed by atoms with van der Waals surface area (Å²) in [7, 11) is 1.64. The number of ether oxygens (including phenoxy) is 1. The van der Waals surface area contributed by atoms with Crippen LogP contribution < -0.4 is 10.1 Å². The third-order valence-electron chi connectivity index (χ3n) is 4.35. The third kappa shape index (κ3) is 5.11. The van der Waals surface area contributed by atoms with Gasteiger partial charge in [-0.25, -0.2) is 0 Å². The molecule has 26 heavy (non-hydrogen) atoms. The Morgan fingerprint density at radius 2 is 2.15 bits per heavy atom. The Balaban J connectivity index is 1.48. The number of hydrogen-bond donors (Lipinski definition) is 1. The largest absolute Gasteiger partial charge is 0.497 e. The van der Waals surface area contributed by atoms with E-state index in [4.69, 9.17) is 4.74 Å². The average molecular weight is 372 g/mol. The zero-order valence-electron chi connectivity index (χ0n) is 15.0. The first-order valence-electron chi connectivity index (χ1n) is 8.88. The van der Waals surface area contributed by atoms with Crippen LogP contribution in [-0.4, -0.2) is 40.1 Å². The smallest absolute Gasteiger partial charge is 0.230 e. The highest BCUT2D eigenvalue weighted by Gasteiger charge is 2.11. The second kappa shape index (κ2) is 9.43. The molecule has 3 rings (SSSR count). The molecule has 1 aliphatic carbocycles. The molecule has 1 heterocycles. The Morgan fingerprint density at radius 1 is 1.31 bits per heavy atom. The molecule has 0 radical (unpaired) electrons. The van der Waals surface area contributed by atoms with Crippen molar-refractivity contribution in [2.24, 2.45) is 0 Å². The fraction of sp³-hybridized carbons (Fsp3) is 0.421. The number of methoxy groups -OCH3 is 1. The summed E-state index contributed by atoms with van der Waals surface area (Å²) < 4.78 is 7.04. The maximum Gasteiger partial charge on any atom is 0.230 e. The van der Waals surface area contributed by atoms with Crippen LogP contribution in [0.2, 0.25) is 0 Å². The van der Waals surface area contributed by atoms with Crippen LogP contribution in [0.25, 0.3) is 5.69 Å². The van der Waals surface area contributed by atoms with Crippen molar-refractivity contribution < 1.29 is 9.53 Å². The molecule has 1 aromatic heterocycles. The van der Waals surface area contributed by atoms with E-state index in [-0.39, 0.29) is 5.91 Å². The highest BCUT2D eigenvalue weighted by atomic mass is 32.2. The van der Waals surface area contributed by atoms with Gasteiger partial charge in [-0.1, -0.05) is 23.4 Å². The standard InChI is InChI=1S/C19H24N4O2S/c1-25-17-9-7-16(8-10-17)23-14-21-22-19(23)26-13-18(24)20-12-11-15-5-3-2-4-6-15/h5,7-10,14H,2-4,6,11-13H2,1H3,(H,20,24). The van der Waals surface area contributed by atoms with Crippen LogP contribution in [0.1, 0.15) is 32.1 Å². The molecule has 0 unspecified atom stereocenters. The fourth-order valence-corrected chi connectivity index (χ4v) is 3.68. The van der Waals surface area contributed by atoms with Crippen LogP contribution in [0.15, 0.2) is 47.4 Å². The minimum atomic E-state index is 0.0238. The molecule has 0 fully saturated rings. The van der Waals surface area contributed by atoms with Crippen molar-refractivity contribution in [3.05, 3.63) is 42.2 Å². The molecule has 1 N–H and O–H groups in total. The molecular formula is C19H24N4O2S. The predicted octanol–water partition coefficient (Wildman–Crippen LogP) is 3.37. The van der Waals surface area contributed by atoms with Gasteiger partial charge in [-0.15, -0.1) is 10.2 Å². The molecule has 138 valence electrons. The van der Waals surface area contributed by atoms with Crippen LogP contribution in [0.3, 0.4) is 0 Å². The fourth-order valence-electron chi connectivity index (χ4n) is 2.92. The summed E-state index contributed by atoms with van der Waals surface area (Å²) in [4.78, 5) is 12.1. The molecule has 0 saturated heterocycles. The molecule has 0 atom stereocenters. The van der Waals surface area contributed by atoms with Crippen LogP contribution in [0, 0.1) is 0 Å². The number of allylic oxidation sites excluding steroid dienone is 1. The molecule has 2 aromatic rings. The number of aromatic nitrogens is 3. The van der Waals surface area contributed by atoms with Gasteiger partial charge in [0.2, 0.25) is 5.91 Å². The van der Waals surface area contributed by atoms with E-state index in [1.165, 1.54) is 43.0 Å². The summed E-state index contributed by atoms with van der Waals surface area (Å²) in [6, 6.07) is 7.64. The quantitative estimate of drug-likeness (QED) is 0.568. The first kappa shape index (κ1) is 18.5. The Labute approximate surface area is 158 Å². The van der Waals surface area contributed by atoms with Gasteiger partial charge in [0.1, 0.15) is 12.1 Å². The lowest BCUT2D eigenvalue weighted by atomic mass is 9.97. The Kier molecular flexibility index (Phi) is 6.71. The lowest BCUT2D eigenvalue weighted by Gasteiger charge is -2.13. The number of amides is 1. The van der Waals surface area contributed by atoms with Gasteiger partial charge in [-0.2, -0.15) is 0 Å². The van der Waals surface area contributed by atoms with Gasteiger partial charge >= 0.3 is 0 Å². The Morgan fingerprint density at radius 3 is 2.88 bits per heavy atom. The van der Waals surface area contributed by atoms with Gasteiger partial charge in [-0.05, 0) is 56.4 Å². The van der Waals surface area contributed by atoms with Crippen molar-refractivity contribution >= 4 is 17.7 Å². The van der Waals surface area contributed by atoms with Gasteiger partial charge in [0.05, 0.1) is 12.9 Å². The van der Waals surface area contributed by atoms with E-state index in [2.05, 4.69) is 21.6 Å². The molecule has 0 saturated carbocycles. The number of carbonyl (C=O) groups excluding carboxylic acids is 1. The molecule has 7 heteroatoms. The summed E-state index contributed by atoms with van der Waals surface area (Å²) in [5.41, 5.74) is 2.41. The molecule has 1 aliphatic rings. The lowest BCUT2D eigenvalue weighted by molar-refractivity contribution is -0.118. The second-order valence-corrected chi connectivity index (χ2v) is 7.12. The number of thioether (sulfide) groups is 1. The van der Waals surface area contributed by atoms with E-state index in [1.54, 1.807) is 13.4 Å². The van der Waals surface area contributed by atoms with Crippen molar-refractivity contribution in [2.75, 3.05) is 19.4 Å². The van der Waals surface area contributed by atoms with Gasteiger partial charge < -0.3 is 10.1 Å². The summed E-state index contributed by atoms with van der Waals surface area (Å²) in [5.74, 6) is 1.15. The molecule has 0 spiro atoms. The first-order chi connectivity index (χ1) is 12.8. The van der Waals surface area contributed by atoms with E-state index in [0.717, 1.165) is 17.9 Å². The number of benzene rings is 1. The zero-order valence-corrected chi connectivity index (χ0v) is 15.8. The predicted molar refractivity (Wildman–Crippen MR) is 103 cm³/mol. The molecule has 0 aliphatic heterocycles. The third-order valence-corrected chi connectivity index (χ3v) is 5.30. The van der Waals surface area contributed by atoms with Crippen molar-refractivity contribution in [3.8, 4) is 11.4 Å². The molecule has 0 bridgehead atoms. The number of rotatable bonds is 8. The summed E-state index contributed by atoms with van der Waals surface area (Å²) in [5, 5.41) is 11.8. The second-order valence-electron chi connectivity index (χ2n) is 6.18. The number of hydrogen-bond acceptors (Lipinski definition) is 5. The van der Waals surface area contributed by atoms with E-state index >= 15 is 0 Å². The average Bonchev–Trinajstić information content (AvgIpc) is 3.16. The van der Waals surface area contributed by atoms with Crippen LogP contribution in [0.5, 0.6) is 5.75 Å². The number of nitrogens with zero attached hydrogens (tertiary/aromatic N) is 3. The minimum absolute atomic E-state index is 0.0238. The van der Waals surface area contributed by atoms with Gasteiger partial charge in [0.25, 0.3) is 0 Å². The Bertz CT molecular complexity index is 755. The highest BCUT2D eigenvalue weighted by molar-refractivity contribution is 7.99. The molecule has 1 amide bonds. The number of carbonyl (C=O) groups is 1. The van der Waals surface area contributed by atoms with Crippen molar-refractivity contribution in [2.45, 2.75) is 37.3 Å². The normalized spacial score (nSPS) is 14.0. The summed E-state index contributed by atoms with van der Waals surface area (Å²) >= 11 is 1.38. The van der Waals surface area contributed by atoms with Crippen molar-refractivity contribution in [1.29, 1.82) is 0 Å². The topological polar surface area (TPSA) is 69.0 Å². The lowest BCUT2D eigenvalue weighted by Crippen LogP contribution is -2.26. The van der Waals surface area contributed by atoms with Gasteiger partial charge in [-0.3, -0.25) is 9.36 Å². The number of nitrogens with one attached hydrogen (secondary N) is 1. The van der Waals surface area contributed by atoms with Crippen molar-refractivity contribution in [1.82, 2.24) is 20.1 Å². The van der Waals surface area contributed by atoms with Crippen LogP contribution >= 0.6 is 11.8 Å². The van der Waals surface area contributed by atoms with Gasteiger partial charge in [0, 0.05) is 12.2 Å². The summed E-state index contributed by atoms with van der Waals surface area (Å²) in [6.07, 6.45) is 9.85. The maximum absolute atomic E-state index is 12.1. The van der Waals surface area contributed by atoms with E-state index in [9.17, 15) is 4.79 Å². The first-order valence-corrected chi connectivity index (χ1v) is 9.86. The zero-order chi connectivity index (χ0) is 18.2.